The van der Waals surface area contributed by atoms with E-state index in [1.165, 1.54) is 64.2 Å². The van der Waals surface area contributed by atoms with Gasteiger partial charge in [-0.05, 0) is 25.2 Å². The molecule has 0 bridgehead atoms. The first-order valence-electron chi connectivity index (χ1n) is 22.6. The molecule has 18 heteroatoms. The number of carboxylic acid groups (broad SMARTS) is 4. The second-order valence-electron chi connectivity index (χ2n) is 17.7. The molecule has 1 aliphatic heterocycles. The number of quaternary nitrogens is 1. The van der Waals surface area contributed by atoms with Crippen LogP contribution in [-0.4, -0.2) is 206 Å². The molecular formula is C42H83N5O12P+. The maximum Gasteiger partial charge on any atom is 0.331 e. The fourth-order valence-electron chi connectivity index (χ4n) is 7.57. The Kier molecular flexibility index (Phi) is 31.0. The normalized spacial score (nSPS) is 17.6. The lowest BCUT2D eigenvalue weighted by Gasteiger charge is -2.35. The molecule has 0 aromatic carbocycles. The number of carboxylic acids is 4. The second-order valence-corrected chi connectivity index (χ2v) is 19.8. The van der Waals surface area contributed by atoms with Gasteiger partial charge in [0.05, 0.1) is 60.1 Å². The maximum atomic E-state index is 14.6. The third-order valence-electron chi connectivity index (χ3n) is 10.8. The predicted molar refractivity (Wildman–Crippen MR) is 233 cm³/mol. The number of hydrogen-bond acceptors (Lipinski definition) is 12. The minimum atomic E-state index is -3.79. The fraction of sp³-hybridized carbons (Fsp3) is 0.905. The van der Waals surface area contributed by atoms with Crippen LogP contribution in [0.1, 0.15) is 109 Å². The molecule has 1 saturated heterocycles. The molecule has 17 nitrogen and oxygen atoms in total. The number of likely N-dealkylation sites (N-methyl/N-ethyl adjacent to an activating group) is 1. The zero-order valence-corrected chi connectivity index (χ0v) is 38.3. The smallest absolute Gasteiger partial charge is 0.331 e. The van der Waals surface area contributed by atoms with Gasteiger partial charge in [0.25, 0.3) is 0 Å². The number of hydrogen-bond donors (Lipinski definition) is 5. The van der Waals surface area contributed by atoms with Crippen LogP contribution < -0.4 is 0 Å². The van der Waals surface area contributed by atoms with Gasteiger partial charge in [0.2, 0.25) is 0 Å². The lowest BCUT2D eigenvalue weighted by molar-refractivity contribution is -0.870. The monoisotopic (exact) mass is 881 g/mol. The maximum absolute atomic E-state index is 14.6. The van der Waals surface area contributed by atoms with Gasteiger partial charge in [-0.25, -0.2) is 0 Å². The molecule has 1 atom stereocenters. The van der Waals surface area contributed by atoms with Crippen LogP contribution in [0.15, 0.2) is 0 Å². The molecule has 352 valence electrons. The Bertz CT molecular complexity index is 1180. The van der Waals surface area contributed by atoms with Crippen molar-refractivity contribution in [3.8, 4) is 0 Å². The minimum Gasteiger partial charge on any atom is -0.480 e. The molecule has 0 aliphatic carbocycles. The Labute approximate surface area is 360 Å². The Morgan fingerprint density at radius 3 is 1.22 bits per heavy atom. The van der Waals surface area contributed by atoms with Crippen LogP contribution in [0.4, 0.5) is 0 Å². The molecular weight excluding hydrogens is 797 g/mol. The number of unbranched alkanes of at least 4 members (excludes halogenated alkanes) is 15. The molecule has 0 spiro atoms. The summed E-state index contributed by atoms with van der Waals surface area (Å²) < 4.78 is 27.4. The summed E-state index contributed by atoms with van der Waals surface area (Å²) in [7, 11) is 2.19. The summed E-state index contributed by atoms with van der Waals surface area (Å²) in [6.07, 6.45) is 18.8. The van der Waals surface area contributed by atoms with Crippen LogP contribution in [0.2, 0.25) is 0 Å². The second kappa shape index (κ2) is 33.4. The van der Waals surface area contributed by atoms with Crippen LogP contribution in [0, 0.1) is 5.92 Å². The van der Waals surface area contributed by atoms with E-state index in [1.54, 1.807) is 19.6 Å². The number of carbonyl (C=O) groups is 4. The summed E-state index contributed by atoms with van der Waals surface area (Å²) in [4.78, 5) is 54.3. The number of aliphatic hydroxyl groups excluding tert-OH is 1. The third-order valence-corrected chi connectivity index (χ3v) is 12.9. The molecule has 0 aromatic heterocycles. The largest absolute Gasteiger partial charge is 0.480 e. The van der Waals surface area contributed by atoms with Gasteiger partial charge in [0, 0.05) is 59.0 Å². The lowest BCUT2D eigenvalue weighted by atomic mass is 10.0. The summed E-state index contributed by atoms with van der Waals surface area (Å²) in [5.74, 6) is -4.81. The summed E-state index contributed by atoms with van der Waals surface area (Å²) in [6.45, 7) is 1.71. The number of aliphatic carboxylic acids is 4. The standard InChI is InChI=1S/C42H82N5O12P/c1-47(2,3)27-30-59-60(57,58-29-19-17-15-13-11-9-7-5-4-6-8-10-12-14-16-18-28-48)37-38-31-45(35-41(53)54)25-23-43(33-39(49)50)21-20-22-44(34-40(51)52)24-26-46(32-38)36-42(55)56/h38,48H,4-37H2,1-3H3,(H3-,49,50,51,52,53,54,55,56)/p+1. The van der Waals surface area contributed by atoms with Gasteiger partial charge in [-0.15, -0.1) is 0 Å². The zero-order chi connectivity index (χ0) is 44.7. The first-order valence-corrected chi connectivity index (χ1v) is 24.3. The van der Waals surface area contributed by atoms with Crippen molar-refractivity contribution in [2.45, 2.75) is 109 Å². The van der Waals surface area contributed by atoms with Crippen molar-refractivity contribution in [3.63, 3.8) is 0 Å². The first-order chi connectivity index (χ1) is 28.5. The van der Waals surface area contributed by atoms with E-state index in [-0.39, 0.29) is 84.8 Å². The summed E-state index contributed by atoms with van der Waals surface area (Å²) >= 11 is 0. The van der Waals surface area contributed by atoms with Gasteiger partial charge in [0.1, 0.15) is 13.2 Å². The Balaban J connectivity index is 3.00. The Morgan fingerprint density at radius 1 is 0.517 bits per heavy atom. The van der Waals surface area contributed by atoms with Gasteiger partial charge >= 0.3 is 31.5 Å². The van der Waals surface area contributed by atoms with Gasteiger partial charge in [-0.1, -0.05) is 89.9 Å². The minimum absolute atomic E-state index is 0.0846. The van der Waals surface area contributed by atoms with Crippen molar-refractivity contribution in [2.75, 3.05) is 132 Å². The average molecular weight is 881 g/mol. The summed E-state index contributed by atoms with van der Waals surface area (Å²) in [5.41, 5.74) is 0. The molecule has 60 heavy (non-hydrogen) atoms. The Hall–Kier alpha value is -2.21. The number of aliphatic hydroxyl groups is 1. The molecule has 0 amide bonds. The van der Waals surface area contributed by atoms with Crippen molar-refractivity contribution in [1.82, 2.24) is 19.6 Å². The van der Waals surface area contributed by atoms with E-state index in [9.17, 15) is 44.2 Å². The van der Waals surface area contributed by atoms with Gasteiger partial charge in [-0.2, -0.15) is 0 Å². The van der Waals surface area contributed by atoms with E-state index in [0.29, 0.717) is 43.6 Å². The fourth-order valence-corrected chi connectivity index (χ4v) is 9.48. The Morgan fingerprint density at radius 2 is 0.850 bits per heavy atom. The van der Waals surface area contributed by atoms with E-state index in [1.807, 2.05) is 21.1 Å². The predicted octanol–water partition coefficient (Wildman–Crippen LogP) is 4.72. The lowest BCUT2D eigenvalue weighted by Crippen LogP contribution is -2.47. The van der Waals surface area contributed by atoms with Crippen molar-refractivity contribution in [3.05, 3.63) is 0 Å². The summed E-state index contributed by atoms with van der Waals surface area (Å²) in [5, 5.41) is 47.7. The SMILES string of the molecule is C[N+](C)(C)CCOP(=O)(CC1CN(CC(=O)O)CCN(CC(=O)O)CCCN(CC(=O)O)CCN(CC(=O)O)C1)OCCCCCCCCCCCCCCCCCCO. The van der Waals surface area contributed by atoms with Crippen LogP contribution in [-0.2, 0) is 32.8 Å². The van der Waals surface area contributed by atoms with Crippen molar-refractivity contribution in [1.29, 1.82) is 0 Å². The highest BCUT2D eigenvalue weighted by molar-refractivity contribution is 7.53. The highest BCUT2D eigenvalue weighted by Crippen LogP contribution is 2.50. The number of rotatable bonds is 33. The molecule has 1 rings (SSSR count). The third kappa shape index (κ3) is 32.5. The van der Waals surface area contributed by atoms with Gasteiger partial charge in [-0.3, -0.25) is 43.3 Å². The van der Waals surface area contributed by atoms with Crippen molar-refractivity contribution < 1.29 is 62.8 Å². The van der Waals surface area contributed by atoms with Crippen molar-refractivity contribution in [2.24, 2.45) is 5.92 Å². The zero-order valence-electron chi connectivity index (χ0n) is 37.4. The van der Waals surface area contributed by atoms with E-state index in [2.05, 4.69) is 0 Å². The quantitative estimate of drug-likeness (QED) is 0.0342. The summed E-state index contributed by atoms with van der Waals surface area (Å²) in [6, 6.07) is 0. The molecule has 0 radical (unpaired) electrons. The van der Waals surface area contributed by atoms with Crippen LogP contribution in [0.25, 0.3) is 0 Å². The number of nitrogens with zero attached hydrogens (tertiary/aromatic N) is 5. The van der Waals surface area contributed by atoms with E-state index in [4.69, 9.17) is 14.2 Å². The van der Waals surface area contributed by atoms with Crippen molar-refractivity contribution >= 4 is 31.5 Å². The van der Waals surface area contributed by atoms with Crippen LogP contribution >= 0.6 is 7.60 Å². The average Bonchev–Trinajstić information content (AvgIpc) is 3.13. The molecule has 0 aromatic rings. The first kappa shape index (κ1) is 55.8. The molecule has 5 N–H and O–H groups in total. The molecule has 1 fully saturated rings. The molecule has 0 saturated carbocycles. The highest BCUT2D eigenvalue weighted by Gasteiger charge is 2.33. The van der Waals surface area contributed by atoms with E-state index < -0.39 is 37.4 Å². The van der Waals surface area contributed by atoms with Crippen LogP contribution in [0.3, 0.4) is 0 Å². The molecule has 1 unspecified atom stereocenters. The molecule has 1 aliphatic rings. The van der Waals surface area contributed by atoms with Gasteiger partial charge in [0.15, 0.2) is 0 Å². The van der Waals surface area contributed by atoms with Gasteiger partial charge < -0.3 is 39.1 Å². The topological polar surface area (TPSA) is 218 Å². The van der Waals surface area contributed by atoms with Crippen LogP contribution in [0.5, 0.6) is 0 Å². The molecule has 1 heterocycles. The highest BCUT2D eigenvalue weighted by atomic mass is 31.2. The van der Waals surface area contributed by atoms with E-state index in [0.717, 1.165) is 32.1 Å². The van der Waals surface area contributed by atoms with E-state index >= 15 is 0 Å².